The Balaban J connectivity index is 2.46. The molecule has 1 aromatic heterocycles. The number of ether oxygens (including phenoxy) is 1. The van der Waals surface area contributed by atoms with E-state index in [9.17, 15) is 18.7 Å². The van der Waals surface area contributed by atoms with Crippen molar-refractivity contribution >= 4 is 5.97 Å². The van der Waals surface area contributed by atoms with Crippen molar-refractivity contribution in [2.75, 3.05) is 6.61 Å². The zero-order chi connectivity index (χ0) is 14.0. The molecule has 0 saturated carbocycles. The maximum absolute atomic E-state index is 13.6. The Hall–Kier alpha value is -2.44. The van der Waals surface area contributed by atoms with Gasteiger partial charge in [-0.15, -0.1) is 0 Å². The molecule has 0 saturated heterocycles. The fourth-order valence-electron chi connectivity index (χ4n) is 1.51. The fraction of sp³-hybridized carbons (Fsp3) is 0.167. The Morgan fingerprint density at radius 3 is 2.89 bits per heavy atom. The SMILES string of the molecule is CCOC(=O)c1cc(O)n(-c2cccc(F)c2F)n1. The molecular weight excluding hydrogens is 258 g/mol. The summed E-state index contributed by atoms with van der Waals surface area (Å²) in [7, 11) is 0. The number of carbonyl (C=O) groups is 1. The third kappa shape index (κ3) is 2.40. The lowest BCUT2D eigenvalue weighted by atomic mass is 10.3. The molecule has 2 rings (SSSR count). The molecule has 0 bridgehead atoms. The molecule has 0 amide bonds. The summed E-state index contributed by atoms with van der Waals surface area (Å²) >= 11 is 0. The minimum atomic E-state index is -1.17. The second-order valence-corrected chi connectivity index (χ2v) is 3.59. The molecule has 1 N–H and O–H groups in total. The van der Waals surface area contributed by atoms with E-state index >= 15 is 0 Å². The van der Waals surface area contributed by atoms with E-state index in [0.717, 1.165) is 16.8 Å². The number of esters is 1. The number of aromatic nitrogens is 2. The van der Waals surface area contributed by atoms with Crippen molar-refractivity contribution in [2.45, 2.75) is 6.92 Å². The van der Waals surface area contributed by atoms with Crippen molar-refractivity contribution in [1.82, 2.24) is 9.78 Å². The number of hydrogen-bond acceptors (Lipinski definition) is 4. The van der Waals surface area contributed by atoms with Crippen LogP contribution in [0.5, 0.6) is 5.88 Å². The van der Waals surface area contributed by atoms with Gasteiger partial charge >= 0.3 is 5.97 Å². The minimum Gasteiger partial charge on any atom is -0.493 e. The van der Waals surface area contributed by atoms with E-state index in [2.05, 4.69) is 5.10 Å². The first kappa shape index (κ1) is 13.0. The Kier molecular flexibility index (Phi) is 3.46. The lowest BCUT2D eigenvalue weighted by Crippen LogP contribution is -2.07. The van der Waals surface area contributed by atoms with Crippen LogP contribution < -0.4 is 0 Å². The van der Waals surface area contributed by atoms with Gasteiger partial charge in [-0.05, 0) is 19.1 Å². The van der Waals surface area contributed by atoms with E-state index in [1.54, 1.807) is 6.92 Å². The van der Waals surface area contributed by atoms with E-state index in [-0.39, 0.29) is 18.0 Å². The molecule has 0 aliphatic rings. The summed E-state index contributed by atoms with van der Waals surface area (Å²) in [5.41, 5.74) is -0.490. The Bertz CT molecular complexity index is 625. The van der Waals surface area contributed by atoms with Crippen LogP contribution in [-0.4, -0.2) is 27.5 Å². The van der Waals surface area contributed by atoms with Gasteiger partial charge in [0.15, 0.2) is 17.3 Å². The van der Waals surface area contributed by atoms with Gasteiger partial charge in [-0.1, -0.05) is 6.07 Å². The molecule has 1 heterocycles. The molecule has 5 nitrogen and oxygen atoms in total. The molecule has 1 aromatic carbocycles. The van der Waals surface area contributed by atoms with Gasteiger partial charge in [0.2, 0.25) is 5.88 Å². The number of halogens is 2. The number of rotatable bonds is 3. The van der Waals surface area contributed by atoms with Gasteiger partial charge < -0.3 is 9.84 Å². The Morgan fingerprint density at radius 1 is 1.47 bits per heavy atom. The van der Waals surface area contributed by atoms with Crippen LogP contribution in [0.3, 0.4) is 0 Å². The van der Waals surface area contributed by atoms with Crippen LogP contribution in [0.15, 0.2) is 24.3 Å². The first-order valence-corrected chi connectivity index (χ1v) is 5.45. The largest absolute Gasteiger partial charge is 0.493 e. The third-order valence-electron chi connectivity index (χ3n) is 2.33. The van der Waals surface area contributed by atoms with Gasteiger partial charge in [-0.3, -0.25) is 0 Å². The van der Waals surface area contributed by atoms with Gasteiger partial charge in [0.1, 0.15) is 5.69 Å². The fourth-order valence-corrected chi connectivity index (χ4v) is 1.51. The molecule has 2 aromatic rings. The highest BCUT2D eigenvalue weighted by atomic mass is 19.2. The molecule has 19 heavy (non-hydrogen) atoms. The van der Waals surface area contributed by atoms with Crippen molar-refractivity contribution in [2.24, 2.45) is 0 Å². The average molecular weight is 268 g/mol. The van der Waals surface area contributed by atoms with Crippen LogP contribution in [-0.2, 0) is 4.74 Å². The molecule has 0 fully saturated rings. The summed E-state index contributed by atoms with van der Waals surface area (Å²) in [6.45, 7) is 1.75. The van der Waals surface area contributed by atoms with Gasteiger partial charge in [0.25, 0.3) is 0 Å². The van der Waals surface area contributed by atoms with E-state index in [0.29, 0.717) is 0 Å². The van der Waals surface area contributed by atoms with Crippen LogP contribution in [0, 0.1) is 11.6 Å². The lowest BCUT2D eigenvalue weighted by Gasteiger charge is -2.04. The monoisotopic (exact) mass is 268 g/mol. The standard InChI is InChI=1S/C12H10F2N2O3/c1-2-19-12(18)8-6-10(17)16(15-8)9-5-3-4-7(13)11(9)14/h3-6,17H,2H2,1H3. The molecule has 0 unspecified atom stereocenters. The molecule has 7 heteroatoms. The highest BCUT2D eigenvalue weighted by Crippen LogP contribution is 2.22. The number of hydrogen-bond donors (Lipinski definition) is 1. The molecule has 0 radical (unpaired) electrons. The first-order chi connectivity index (χ1) is 9.04. The van der Waals surface area contributed by atoms with E-state index in [1.807, 2.05) is 0 Å². The molecule has 100 valence electrons. The van der Waals surface area contributed by atoms with Gasteiger partial charge in [0.05, 0.1) is 6.61 Å². The Labute approximate surface area is 107 Å². The van der Waals surface area contributed by atoms with E-state index in [4.69, 9.17) is 4.74 Å². The number of aromatic hydroxyl groups is 1. The normalized spacial score (nSPS) is 10.5. The summed E-state index contributed by atoms with van der Waals surface area (Å²) in [6, 6.07) is 4.44. The maximum Gasteiger partial charge on any atom is 0.358 e. The summed E-state index contributed by atoms with van der Waals surface area (Å²) in [4.78, 5) is 11.4. The summed E-state index contributed by atoms with van der Waals surface area (Å²) in [5, 5.41) is 13.3. The van der Waals surface area contributed by atoms with Crippen LogP contribution in [0.4, 0.5) is 8.78 Å². The smallest absolute Gasteiger partial charge is 0.358 e. The van der Waals surface area contributed by atoms with Crippen LogP contribution >= 0.6 is 0 Å². The van der Waals surface area contributed by atoms with Gasteiger partial charge in [-0.25, -0.2) is 13.6 Å². The summed E-state index contributed by atoms with van der Waals surface area (Å²) in [5.74, 6) is -3.50. The highest BCUT2D eigenvalue weighted by molar-refractivity contribution is 5.87. The summed E-state index contributed by atoms with van der Waals surface area (Å²) in [6.07, 6.45) is 0. The van der Waals surface area contributed by atoms with E-state index < -0.39 is 23.5 Å². The summed E-state index contributed by atoms with van der Waals surface area (Å²) < 4.78 is 32.1. The zero-order valence-corrected chi connectivity index (χ0v) is 9.93. The molecule has 0 spiro atoms. The highest BCUT2D eigenvalue weighted by Gasteiger charge is 2.18. The average Bonchev–Trinajstić information content (AvgIpc) is 2.75. The first-order valence-electron chi connectivity index (χ1n) is 5.45. The van der Waals surface area contributed by atoms with Crippen molar-refractivity contribution < 1.29 is 23.4 Å². The van der Waals surface area contributed by atoms with Crippen LogP contribution in [0.25, 0.3) is 5.69 Å². The molecule has 0 atom stereocenters. The van der Waals surface area contributed by atoms with Crippen molar-refractivity contribution in [1.29, 1.82) is 0 Å². The quantitative estimate of drug-likeness (QED) is 0.865. The predicted molar refractivity (Wildman–Crippen MR) is 61.1 cm³/mol. The number of benzene rings is 1. The van der Waals surface area contributed by atoms with Crippen LogP contribution in [0.2, 0.25) is 0 Å². The van der Waals surface area contributed by atoms with E-state index in [1.165, 1.54) is 12.1 Å². The zero-order valence-electron chi connectivity index (χ0n) is 9.93. The molecular formula is C12H10F2N2O3. The predicted octanol–water partition coefficient (Wildman–Crippen LogP) is 2.03. The second kappa shape index (κ2) is 5.05. The Morgan fingerprint density at radius 2 is 2.21 bits per heavy atom. The maximum atomic E-state index is 13.6. The molecule has 0 aliphatic carbocycles. The number of nitrogens with zero attached hydrogens (tertiary/aromatic N) is 2. The third-order valence-corrected chi connectivity index (χ3v) is 2.33. The second-order valence-electron chi connectivity index (χ2n) is 3.59. The van der Waals surface area contributed by atoms with Gasteiger partial charge in [-0.2, -0.15) is 9.78 Å². The minimum absolute atomic E-state index is 0.140. The van der Waals surface area contributed by atoms with Gasteiger partial charge in [0, 0.05) is 6.07 Å². The lowest BCUT2D eigenvalue weighted by molar-refractivity contribution is 0.0519. The van der Waals surface area contributed by atoms with Crippen molar-refractivity contribution in [3.8, 4) is 11.6 Å². The van der Waals surface area contributed by atoms with Crippen LogP contribution in [0.1, 0.15) is 17.4 Å². The topological polar surface area (TPSA) is 64.3 Å². The van der Waals surface area contributed by atoms with Crippen molar-refractivity contribution in [3.05, 3.63) is 41.6 Å². The molecule has 0 aliphatic heterocycles. The van der Waals surface area contributed by atoms with Crippen molar-refractivity contribution in [3.63, 3.8) is 0 Å². The number of carbonyl (C=O) groups excluding carboxylic acids is 1.